The number of amides is 1. The second-order valence-electron chi connectivity index (χ2n) is 10.4. The van der Waals surface area contributed by atoms with Crippen molar-refractivity contribution in [2.24, 2.45) is 5.92 Å². The van der Waals surface area contributed by atoms with Gasteiger partial charge in [0.25, 0.3) is 0 Å². The molecule has 0 aliphatic carbocycles. The molecule has 0 bridgehead atoms. The quantitative estimate of drug-likeness (QED) is 0.297. The topological polar surface area (TPSA) is 95.0 Å². The summed E-state index contributed by atoms with van der Waals surface area (Å²) in [7, 11) is 1.65. The number of fused-ring (bicyclic) bond motifs is 2. The van der Waals surface area contributed by atoms with Gasteiger partial charge in [-0.25, -0.2) is 9.97 Å². The maximum absolute atomic E-state index is 12.7. The molecule has 0 radical (unpaired) electrons. The Hall–Kier alpha value is -4.37. The van der Waals surface area contributed by atoms with E-state index in [2.05, 4.69) is 27.1 Å². The van der Waals surface area contributed by atoms with Crippen LogP contribution in [0.2, 0.25) is 0 Å². The van der Waals surface area contributed by atoms with E-state index in [1.165, 1.54) is 0 Å². The van der Waals surface area contributed by atoms with Gasteiger partial charge in [-0.05, 0) is 74.3 Å². The fourth-order valence-corrected chi connectivity index (χ4v) is 5.40. The van der Waals surface area contributed by atoms with Gasteiger partial charge in [0, 0.05) is 22.7 Å². The summed E-state index contributed by atoms with van der Waals surface area (Å²) in [4.78, 5) is 24.2. The zero-order chi connectivity index (χ0) is 28.2. The van der Waals surface area contributed by atoms with Crippen molar-refractivity contribution in [3.8, 4) is 34.3 Å². The molecule has 1 aromatic heterocycles. The van der Waals surface area contributed by atoms with Crippen molar-refractivity contribution in [1.29, 1.82) is 0 Å². The third-order valence-corrected chi connectivity index (χ3v) is 7.79. The fraction of sp³-hybridized carbons (Fsp3) is 0.344. The molecule has 6 rings (SSSR count). The van der Waals surface area contributed by atoms with Crippen molar-refractivity contribution < 1.29 is 23.7 Å². The Morgan fingerprint density at radius 3 is 2.59 bits per heavy atom. The van der Waals surface area contributed by atoms with E-state index >= 15 is 0 Å². The van der Waals surface area contributed by atoms with Crippen molar-refractivity contribution in [2.75, 3.05) is 45.5 Å². The molecule has 41 heavy (non-hydrogen) atoms. The standard InChI is InChI=1S/C32H34N4O5/c1-3-36-12-10-21(11-13-36)18-39-30-17-26-25(16-28(30)38-2)32(34-19-33-26)23-5-7-24(8-6-23)35-31(37)15-22-4-9-27-29(14-22)41-20-40-27/h4-9,14,16-17,19,21H,3,10-13,15,18,20H2,1-2H3,(H,35,37). The SMILES string of the molecule is CCN1CCC(COc2cc3ncnc(-c4ccc(NC(=O)Cc5ccc6c(c5)OCO6)cc4)c3cc2OC)CC1. The predicted molar refractivity (Wildman–Crippen MR) is 157 cm³/mol. The van der Waals surface area contributed by atoms with E-state index in [4.69, 9.17) is 18.9 Å². The molecule has 9 nitrogen and oxygen atoms in total. The van der Waals surface area contributed by atoms with Crippen LogP contribution in [0.1, 0.15) is 25.3 Å². The molecule has 0 spiro atoms. The first kappa shape index (κ1) is 26.8. The largest absolute Gasteiger partial charge is 0.493 e. The summed E-state index contributed by atoms with van der Waals surface area (Å²) in [5.41, 5.74) is 4.04. The first-order valence-electron chi connectivity index (χ1n) is 14.1. The molecule has 3 heterocycles. The predicted octanol–water partition coefficient (Wildman–Crippen LogP) is 5.33. The number of hydrogen-bond donors (Lipinski definition) is 1. The van der Waals surface area contributed by atoms with E-state index in [-0.39, 0.29) is 19.1 Å². The van der Waals surface area contributed by atoms with Gasteiger partial charge in [0.1, 0.15) is 6.33 Å². The van der Waals surface area contributed by atoms with Crippen molar-refractivity contribution in [3.63, 3.8) is 0 Å². The van der Waals surface area contributed by atoms with E-state index in [1.807, 2.05) is 54.6 Å². The van der Waals surface area contributed by atoms with Crippen molar-refractivity contribution >= 4 is 22.5 Å². The van der Waals surface area contributed by atoms with Crippen LogP contribution in [0.3, 0.4) is 0 Å². The first-order chi connectivity index (χ1) is 20.1. The number of benzene rings is 3. The highest BCUT2D eigenvalue weighted by Crippen LogP contribution is 2.36. The number of carbonyl (C=O) groups is 1. The highest BCUT2D eigenvalue weighted by molar-refractivity contribution is 5.95. The molecular formula is C32H34N4O5. The van der Waals surface area contributed by atoms with Gasteiger partial charge in [0.15, 0.2) is 23.0 Å². The third-order valence-electron chi connectivity index (χ3n) is 7.79. The first-order valence-corrected chi connectivity index (χ1v) is 14.1. The number of nitrogens with zero attached hydrogens (tertiary/aromatic N) is 3. The number of piperidine rings is 1. The molecule has 0 unspecified atom stereocenters. The molecule has 1 amide bonds. The van der Waals surface area contributed by atoms with Crippen LogP contribution in [-0.2, 0) is 11.2 Å². The van der Waals surface area contributed by atoms with Crippen LogP contribution in [0.25, 0.3) is 22.2 Å². The number of aromatic nitrogens is 2. The van der Waals surface area contributed by atoms with E-state index < -0.39 is 0 Å². The van der Waals surface area contributed by atoms with Crippen LogP contribution < -0.4 is 24.3 Å². The summed E-state index contributed by atoms with van der Waals surface area (Å²) < 4.78 is 22.7. The lowest BCUT2D eigenvalue weighted by Crippen LogP contribution is -2.35. The third kappa shape index (κ3) is 6.05. The van der Waals surface area contributed by atoms with E-state index in [1.54, 1.807) is 13.4 Å². The average molecular weight is 555 g/mol. The van der Waals surface area contributed by atoms with Gasteiger partial charge in [0.05, 0.1) is 31.3 Å². The minimum atomic E-state index is -0.114. The molecule has 0 atom stereocenters. The van der Waals surface area contributed by atoms with Gasteiger partial charge in [0.2, 0.25) is 12.7 Å². The normalized spacial score (nSPS) is 15.2. The molecule has 212 valence electrons. The molecule has 1 fully saturated rings. The van der Waals surface area contributed by atoms with Gasteiger partial charge in [-0.15, -0.1) is 0 Å². The van der Waals surface area contributed by atoms with Crippen molar-refractivity contribution in [1.82, 2.24) is 14.9 Å². The molecule has 3 aromatic carbocycles. The van der Waals surface area contributed by atoms with Crippen molar-refractivity contribution in [2.45, 2.75) is 26.2 Å². The van der Waals surface area contributed by atoms with Gasteiger partial charge < -0.3 is 29.2 Å². The maximum Gasteiger partial charge on any atom is 0.231 e. The number of carbonyl (C=O) groups excluding carboxylic acids is 1. The Kier molecular flexibility index (Phi) is 7.86. The Bertz CT molecular complexity index is 1530. The Morgan fingerprint density at radius 2 is 1.80 bits per heavy atom. The number of methoxy groups -OCH3 is 1. The fourth-order valence-electron chi connectivity index (χ4n) is 5.40. The number of ether oxygens (including phenoxy) is 4. The van der Waals surface area contributed by atoms with Crippen LogP contribution in [0, 0.1) is 5.92 Å². The molecule has 9 heteroatoms. The van der Waals surface area contributed by atoms with Crippen molar-refractivity contribution in [3.05, 3.63) is 66.5 Å². The van der Waals surface area contributed by atoms with Crippen LogP contribution >= 0.6 is 0 Å². The lowest BCUT2D eigenvalue weighted by Gasteiger charge is -2.30. The minimum Gasteiger partial charge on any atom is -0.493 e. The molecule has 4 aromatic rings. The lowest BCUT2D eigenvalue weighted by atomic mass is 9.98. The maximum atomic E-state index is 12.7. The number of rotatable bonds is 9. The summed E-state index contributed by atoms with van der Waals surface area (Å²) >= 11 is 0. The van der Waals surface area contributed by atoms with Gasteiger partial charge >= 0.3 is 0 Å². The Morgan fingerprint density at radius 1 is 1.00 bits per heavy atom. The molecule has 2 aliphatic heterocycles. The molecular weight excluding hydrogens is 520 g/mol. The van der Waals surface area contributed by atoms with Gasteiger partial charge in [-0.2, -0.15) is 0 Å². The summed E-state index contributed by atoms with van der Waals surface area (Å²) in [6.07, 6.45) is 4.09. The zero-order valence-corrected chi connectivity index (χ0v) is 23.4. The van der Waals surface area contributed by atoms with Crippen LogP contribution in [0.15, 0.2) is 60.9 Å². The van der Waals surface area contributed by atoms with E-state index in [0.717, 1.165) is 60.2 Å². The summed E-state index contributed by atoms with van der Waals surface area (Å²) in [5.74, 6) is 3.15. The van der Waals surface area contributed by atoms with Gasteiger partial charge in [-0.3, -0.25) is 4.79 Å². The lowest BCUT2D eigenvalue weighted by molar-refractivity contribution is -0.115. The molecule has 1 N–H and O–H groups in total. The number of likely N-dealkylation sites (tertiary alicyclic amines) is 1. The Balaban J connectivity index is 1.14. The average Bonchev–Trinajstić information content (AvgIpc) is 3.48. The molecule has 1 saturated heterocycles. The minimum absolute atomic E-state index is 0.114. The zero-order valence-electron chi connectivity index (χ0n) is 23.4. The van der Waals surface area contributed by atoms with Gasteiger partial charge in [-0.1, -0.05) is 25.1 Å². The summed E-state index contributed by atoms with van der Waals surface area (Å²) in [6.45, 7) is 6.44. The van der Waals surface area contributed by atoms with E-state index in [9.17, 15) is 4.79 Å². The molecule has 0 saturated carbocycles. The summed E-state index contributed by atoms with van der Waals surface area (Å²) in [5, 5.41) is 3.83. The Labute approximate surface area is 239 Å². The number of anilines is 1. The highest BCUT2D eigenvalue weighted by Gasteiger charge is 2.20. The van der Waals surface area contributed by atoms with Crippen LogP contribution in [0.4, 0.5) is 5.69 Å². The highest BCUT2D eigenvalue weighted by atomic mass is 16.7. The number of hydrogen-bond acceptors (Lipinski definition) is 8. The number of nitrogens with one attached hydrogen (secondary N) is 1. The summed E-state index contributed by atoms with van der Waals surface area (Å²) in [6, 6.07) is 17.1. The smallest absolute Gasteiger partial charge is 0.231 e. The molecule has 2 aliphatic rings. The second kappa shape index (κ2) is 12.0. The van der Waals surface area contributed by atoms with Crippen LogP contribution in [0.5, 0.6) is 23.0 Å². The van der Waals surface area contributed by atoms with Crippen LogP contribution in [-0.4, -0.2) is 60.9 Å². The second-order valence-corrected chi connectivity index (χ2v) is 10.4. The van der Waals surface area contributed by atoms with E-state index in [0.29, 0.717) is 41.2 Å². The monoisotopic (exact) mass is 554 g/mol.